The minimum Gasteiger partial charge on any atom is -0.491 e. The lowest BCUT2D eigenvalue weighted by molar-refractivity contribution is -0.118. The van der Waals surface area contributed by atoms with Gasteiger partial charge in [0.2, 0.25) is 5.91 Å². The molecule has 2 aliphatic heterocycles. The number of imidazole rings is 1. The number of anilines is 2. The summed E-state index contributed by atoms with van der Waals surface area (Å²) in [6, 6.07) is 3.34. The summed E-state index contributed by atoms with van der Waals surface area (Å²) in [5, 5.41) is 2.99. The van der Waals surface area contributed by atoms with Gasteiger partial charge in [0.15, 0.2) is 11.8 Å². The van der Waals surface area contributed by atoms with Crippen LogP contribution in [0.25, 0.3) is 11.4 Å². The van der Waals surface area contributed by atoms with Crippen LogP contribution in [-0.2, 0) is 20.9 Å². The second-order valence-electron chi connectivity index (χ2n) is 7.31. The fraction of sp³-hybridized carbons (Fsp3) is 0.400. The lowest BCUT2D eigenvalue weighted by Gasteiger charge is -2.21. The molecule has 0 saturated carbocycles. The molecule has 164 valence electrons. The second kappa shape index (κ2) is 7.92. The van der Waals surface area contributed by atoms with Crippen molar-refractivity contribution in [3.63, 3.8) is 0 Å². The van der Waals surface area contributed by atoms with Gasteiger partial charge in [-0.25, -0.2) is 18.6 Å². The zero-order valence-electron chi connectivity index (χ0n) is 16.9. The van der Waals surface area contributed by atoms with E-state index in [4.69, 9.17) is 15.2 Å². The van der Waals surface area contributed by atoms with E-state index in [1.54, 1.807) is 38.0 Å². The largest absolute Gasteiger partial charge is 0.491 e. The number of hydrogen-bond donors (Lipinski definition) is 2. The fourth-order valence-electron chi connectivity index (χ4n) is 3.69. The Morgan fingerprint density at radius 3 is 2.84 bits per heavy atom. The van der Waals surface area contributed by atoms with E-state index in [1.165, 1.54) is 0 Å². The van der Waals surface area contributed by atoms with Crippen LogP contribution in [-0.4, -0.2) is 53.1 Å². The number of halogens is 2. The van der Waals surface area contributed by atoms with Gasteiger partial charge in [-0.15, -0.1) is 0 Å². The molecule has 0 aliphatic carbocycles. The van der Waals surface area contributed by atoms with Crippen LogP contribution in [0.2, 0.25) is 0 Å². The number of benzene rings is 1. The highest BCUT2D eigenvalue weighted by molar-refractivity contribution is 5.83. The summed E-state index contributed by atoms with van der Waals surface area (Å²) in [6.45, 7) is 3.81. The summed E-state index contributed by atoms with van der Waals surface area (Å²) in [5.74, 6) is 2.04. The highest BCUT2D eigenvalue weighted by Crippen LogP contribution is 2.39. The molecule has 3 N–H and O–H groups in total. The van der Waals surface area contributed by atoms with Gasteiger partial charge in [-0.2, -0.15) is 0 Å². The maximum atomic E-state index is 13.6. The van der Waals surface area contributed by atoms with E-state index in [0.29, 0.717) is 41.7 Å². The Morgan fingerprint density at radius 1 is 1.39 bits per heavy atom. The van der Waals surface area contributed by atoms with Gasteiger partial charge in [0.05, 0.1) is 17.8 Å². The van der Waals surface area contributed by atoms with Crippen LogP contribution in [0.1, 0.15) is 12.6 Å². The number of hydrogen-bond acceptors (Lipinski definition) is 7. The molecule has 1 fully saturated rings. The molecule has 1 unspecified atom stereocenters. The zero-order valence-corrected chi connectivity index (χ0v) is 16.9. The topological polar surface area (TPSA) is 112 Å². The molecule has 9 nitrogen and oxygen atoms in total. The van der Waals surface area contributed by atoms with Crippen molar-refractivity contribution in [3.05, 3.63) is 29.8 Å². The van der Waals surface area contributed by atoms with E-state index in [2.05, 4.69) is 10.3 Å². The average Bonchev–Trinajstić information content (AvgIpc) is 3.24. The van der Waals surface area contributed by atoms with Crippen LogP contribution in [0, 0.1) is 6.92 Å². The quantitative estimate of drug-likeness (QED) is 0.690. The predicted octanol–water partition coefficient (Wildman–Crippen LogP) is 1.68. The fourth-order valence-corrected chi connectivity index (χ4v) is 3.69. The molecular formula is C20H21F2N5O4. The van der Waals surface area contributed by atoms with Gasteiger partial charge >= 0.3 is 0 Å². The van der Waals surface area contributed by atoms with Crippen LogP contribution in [0.5, 0.6) is 5.75 Å². The molecule has 1 saturated heterocycles. The van der Waals surface area contributed by atoms with E-state index in [9.17, 15) is 18.4 Å². The molecule has 4 rings (SSSR count). The average molecular weight is 433 g/mol. The van der Waals surface area contributed by atoms with Crippen molar-refractivity contribution in [1.29, 1.82) is 0 Å². The van der Waals surface area contributed by atoms with E-state index >= 15 is 0 Å². The lowest BCUT2D eigenvalue weighted by atomic mass is 10.1. The van der Waals surface area contributed by atoms with Gasteiger partial charge in [-0.05, 0) is 26.0 Å². The molecule has 1 aromatic carbocycles. The van der Waals surface area contributed by atoms with E-state index in [1.807, 2.05) is 4.57 Å². The molecule has 0 radical (unpaired) electrons. The Kier molecular flexibility index (Phi) is 5.28. The van der Waals surface area contributed by atoms with E-state index in [-0.39, 0.29) is 18.3 Å². The van der Waals surface area contributed by atoms with E-state index in [0.717, 1.165) is 4.90 Å². The molecule has 2 aliphatic rings. The number of nitrogens with zero attached hydrogens (tertiary/aromatic N) is 3. The number of amides is 1. The van der Waals surface area contributed by atoms with Crippen molar-refractivity contribution < 1.29 is 27.8 Å². The molecule has 3 heterocycles. The van der Waals surface area contributed by atoms with Crippen LogP contribution in [0.4, 0.5) is 20.3 Å². The first-order valence-corrected chi connectivity index (χ1v) is 9.67. The maximum Gasteiger partial charge on any atom is 0.284 e. The number of primary amides is 1. The third kappa shape index (κ3) is 3.57. The Labute approximate surface area is 176 Å². The van der Waals surface area contributed by atoms with Gasteiger partial charge in [-0.1, -0.05) is 0 Å². The second-order valence-corrected chi connectivity index (χ2v) is 7.31. The molecule has 11 heteroatoms. The predicted molar refractivity (Wildman–Crippen MR) is 108 cm³/mol. The first-order chi connectivity index (χ1) is 14.8. The number of carbonyl (C=O) groups is 1. The van der Waals surface area contributed by atoms with Gasteiger partial charge < -0.3 is 25.1 Å². The first kappa shape index (κ1) is 20.7. The monoisotopic (exact) mass is 433 g/mol. The van der Waals surface area contributed by atoms with Crippen molar-refractivity contribution in [3.8, 4) is 17.1 Å². The number of ether oxygens (including phenoxy) is 2. The summed E-state index contributed by atoms with van der Waals surface area (Å²) in [4.78, 5) is 28.3. The highest BCUT2D eigenvalue weighted by atomic mass is 19.3. The third-order valence-electron chi connectivity index (χ3n) is 5.35. The molecule has 1 amide bonds. The van der Waals surface area contributed by atoms with Crippen LogP contribution in [0.3, 0.4) is 0 Å². The number of rotatable bonds is 5. The Hall–Kier alpha value is -3.59. The van der Waals surface area contributed by atoms with Crippen molar-refractivity contribution in [2.75, 3.05) is 23.4 Å². The number of nitrogens with one attached hydrogen (secondary N) is 1. The van der Waals surface area contributed by atoms with Crippen molar-refractivity contribution in [1.82, 2.24) is 9.55 Å². The molecule has 31 heavy (non-hydrogen) atoms. The number of aromatic nitrogens is 2. The number of nitrogens with two attached hydrogens (primary N) is 1. The van der Waals surface area contributed by atoms with Crippen LogP contribution >= 0.6 is 0 Å². The van der Waals surface area contributed by atoms with Crippen LogP contribution in [0.15, 0.2) is 24.1 Å². The SMILES string of the molecule is Cc1c(N2C(=C=O)OC[C@H]2C(F)F)nc2n1CCOc1cc(NC(C)C(N)=O)ccc1-2. The molecule has 2 aromatic rings. The summed E-state index contributed by atoms with van der Waals surface area (Å²) >= 11 is 0. The molecule has 2 atom stereocenters. The van der Waals surface area contributed by atoms with Gasteiger partial charge in [0, 0.05) is 11.8 Å². The Morgan fingerprint density at radius 2 is 2.16 bits per heavy atom. The summed E-state index contributed by atoms with van der Waals surface area (Å²) in [5.41, 5.74) is 7.18. The van der Waals surface area contributed by atoms with Crippen molar-refractivity contribution >= 4 is 23.4 Å². The molecule has 0 spiro atoms. The molecule has 1 aromatic heterocycles. The summed E-state index contributed by atoms with van der Waals surface area (Å²) in [6.07, 6.45) is -2.73. The number of alkyl halides is 2. The Bertz CT molecular complexity index is 1080. The summed E-state index contributed by atoms with van der Waals surface area (Å²) < 4.78 is 39.9. The molecular weight excluding hydrogens is 412 g/mol. The van der Waals surface area contributed by atoms with Gasteiger partial charge in [0.1, 0.15) is 36.9 Å². The smallest absolute Gasteiger partial charge is 0.284 e. The van der Waals surface area contributed by atoms with Crippen molar-refractivity contribution in [2.24, 2.45) is 5.73 Å². The minimum atomic E-state index is -2.73. The van der Waals surface area contributed by atoms with Crippen LogP contribution < -0.4 is 20.7 Å². The summed E-state index contributed by atoms with van der Waals surface area (Å²) in [7, 11) is 0. The highest BCUT2D eigenvalue weighted by Gasteiger charge is 2.41. The van der Waals surface area contributed by atoms with Crippen molar-refractivity contribution in [2.45, 2.75) is 38.9 Å². The normalized spacial score (nSPS) is 18.4. The van der Waals surface area contributed by atoms with E-state index < -0.39 is 24.4 Å². The maximum absolute atomic E-state index is 13.6. The first-order valence-electron chi connectivity index (χ1n) is 9.67. The third-order valence-corrected chi connectivity index (χ3v) is 5.35. The number of fused-ring (bicyclic) bond motifs is 3. The zero-order chi connectivity index (χ0) is 22.3. The standard InChI is InChI=1S/C20H21F2N5O4/c1-10(18(23)29)24-12-3-4-13-15(7-12)30-6-5-26-11(2)19(25-20(13)26)27-14(17(21)22)9-31-16(27)8-28/h3-4,7,10,14,17,24H,5-6,9H2,1-2H3,(H2,23,29)/t10?,14-/m0/s1. The lowest BCUT2D eigenvalue weighted by Crippen LogP contribution is -2.36. The van der Waals surface area contributed by atoms with Gasteiger partial charge in [-0.3, -0.25) is 9.69 Å². The minimum absolute atomic E-state index is 0.216. The van der Waals surface area contributed by atoms with Gasteiger partial charge in [0.25, 0.3) is 12.3 Å². The Balaban J connectivity index is 1.76. The molecule has 0 bridgehead atoms. The number of carbonyl (C=O) groups excluding carboxylic acids is 2.